The SMILES string of the molecule is CC(C)(C)[Si](C)(C)O[C@](C)(C(=O)O)[Si](C)(C)C(C)(C)C. The van der Waals surface area contributed by atoms with Crippen molar-refractivity contribution < 1.29 is 14.3 Å². The number of carboxylic acids is 1. The van der Waals surface area contributed by atoms with Gasteiger partial charge in [0, 0.05) is 0 Å². The highest BCUT2D eigenvalue weighted by Crippen LogP contribution is 2.48. The lowest BCUT2D eigenvalue weighted by Crippen LogP contribution is -2.67. The Hall–Kier alpha value is -0.136. The summed E-state index contributed by atoms with van der Waals surface area (Å²) >= 11 is 0. The Morgan fingerprint density at radius 3 is 1.40 bits per heavy atom. The quantitative estimate of drug-likeness (QED) is 0.750. The minimum Gasteiger partial charge on any atom is -0.479 e. The second kappa shape index (κ2) is 5.25. The van der Waals surface area contributed by atoms with Gasteiger partial charge in [-0.1, -0.05) is 54.6 Å². The van der Waals surface area contributed by atoms with Crippen LogP contribution in [0.25, 0.3) is 0 Å². The van der Waals surface area contributed by atoms with Gasteiger partial charge in [0.2, 0.25) is 0 Å². The summed E-state index contributed by atoms with van der Waals surface area (Å²) in [5, 5.41) is 8.80. The monoisotopic (exact) mass is 318 g/mol. The molecule has 1 atom stereocenters. The van der Waals surface area contributed by atoms with E-state index in [1.807, 2.05) is 0 Å². The Balaban J connectivity index is 5.87. The number of rotatable bonds is 4. The Morgan fingerprint density at radius 1 is 0.850 bits per heavy atom. The maximum Gasteiger partial charge on any atom is 0.330 e. The number of carbonyl (C=O) groups is 1. The van der Waals surface area contributed by atoms with E-state index in [0.29, 0.717) is 0 Å². The van der Waals surface area contributed by atoms with Crippen molar-refractivity contribution in [2.75, 3.05) is 0 Å². The normalized spacial score (nSPS) is 17.8. The highest BCUT2D eigenvalue weighted by Gasteiger charge is 2.59. The van der Waals surface area contributed by atoms with Gasteiger partial charge >= 0.3 is 5.97 Å². The molecule has 20 heavy (non-hydrogen) atoms. The maximum absolute atomic E-state index is 12.1. The molecule has 0 rings (SSSR count). The summed E-state index contributed by atoms with van der Waals surface area (Å²) in [6.45, 7) is 23.2. The molecule has 0 fully saturated rings. The van der Waals surface area contributed by atoms with Gasteiger partial charge in [0.05, 0.1) is 0 Å². The van der Waals surface area contributed by atoms with Gasteiger partial charge < -0.3 is 9.53 Å². The topological polar surface area (TPSA) is 46.5 Å². The van der Waals surface area contributed by atoms with Crippen LogP contribution in [0.15, 0.2) is 0 Å². The Bertz CT molecular complexity index is 376. The van der Waals surface area contributed by atoms with Crippen molar-refractivity contribution in [3.63, 3.8) is 0 Å². The van der Waals surface area contributed by atoms with E-state index in [1.54, 1.807) is 6.92 Å². The molecule has 0 unspecified atom stereocenters. The van der Waals surface area contributed by atoms with Gasteiger partial charge in [-0.2, -0.15) is 0 Å². The average Bonchev–Trinajstić information content (AvgIpc) is 2.12. The molecule has 0 saturated carbocycles. The predicted octanol–water partition coefficient (Wildman–Crippen LogP) is 4.90. The lowest BCUT2D eigenvalue weighted by molar-refractivity contribution is -0.148. The largest absolute Gasteiger partial charge is 0.479 e. The smallest absolute Gasteiger partial charge is 0.330 e. The third kappa shape index (κ3) is 3.36. The molecule has 0 radical (unpaired) electrons. The van der Waals surface area contributed by atoms with Crippen LogP contribution in [0.2, 0.25) is 36.3 Å². The molecule has 1 N–H and O–H groups in total. The molecular formula is C15H34O3Si2. The first kappa shape index (κ1) is 19.9. The van der Waals surface area contributed by atoms with Gasteiger partial charge in [-0.3, -0.25) is 0 Å². The first-order chi connectivity index (χ1) is 8.40. The molecule has 0 bridgehead atoms. The van der Waals surface area contributed by atoms with E-state index in [4.69, 9.17) is 4.43 Å². The zero-order chi connectivity index (χ0) is 16.8. The van der Waals surface area contributed by atoms with Crippen LogP contribution in [0.4, 0.5) is 0 Å². The first-order valence-corrected chi connectivity index (χ1v) is 13.2. The predicted molar refractivity (Wildman–Crippen MR) is 91.5 cm³/mol. The second-order valence-corrected chi connectivity index (χ2v) is 19.5. The maximum atomic E-state index is 12.1. The molecule has 0 heterocycles. The summed E-state index contributed by atoms with van der Waals surface area (Å²) in [4.78, 5) is 12.1. The van der Waals surface area contributed by atoms with Crippen LogP contribution >= 0.6 is 0 Å². The van der Waals surface area contributed by atoms with E-state index in [1.165, 1.54) is 0 Å². The Kier molecular flexibility index (Phi) is 5.21. The van der Waals surface area contributed by atoms with Gasteiger partial charge in [-0.15, -0.1) is 0 Å². The van der Waals surface area contributed by atoms with Crippen LogP contribution in [-0.2, 0) is 9.22 Å². The lowest BCUT2D eigenvalue weighted by atomic mass is 10.2. The average molecular weight is 319 g/mol. The van der Waals surface area contributed by atoms with Crippen molar-refractivity contribution in [3.8, 4) is 0 Å². The van der Waals surface area contributed by atoms with Crippen molar-refractivity contribution in [1.82, 2.24) is 0 Å². The first-order valence-electron chi connectivity index (χ1n) is 7.34. The fraction of sp³-hybridized carbons (Fsp3) is 0.933. The molecule has 0 amide bonds. The van der Waals surface area contributed by atoms with E-state index in [9.17, 15) is 9.90 Å². The fourth-order valence-electron chi connectivity index (χ4n) is 1.82. The van der Waals surface area contributed by atoms with Crippen LogP contribution < -0.4 is 0 Å². The van der Waals surface area contributed by atoms with Crippen LogP contribution in [0.3, 0.4) is 0 Å². The van der Waals surface area contributed by atoms with Crippen molar-refractivity contribution in [2.24, 2.45) is 0 Å². The molecule has 0 aromatic rings. The van der Waals surface area contributed by atoms with Crippen molar-refractivity contribution in [1.29, 1.82) is 0 Å². The minimum absolute atomic E-state index is 0.00603. The zero-order valence-corrected chi connectivity index (χ0v) is 17.3. The molecule has 5 heteroatoms. The standard InChI is InChI=1S/C15H34O3Si2/c1-13(2,3)19(8,9)15(7,12(16)17)18-20(10,11)14(4,5)6/h1-11H3,(H,16,17)/t15-/m0/s1. The number of carboxylic acid groups (broad SMARTS) is 1. The number of hydrogen-bond donors (Lipinski definition) is 1. The fourth-order valence-corrected chi connectivity index (χ4v) is 6.98. The van der Waals surface area contributed by atoms with E-state index in [-0.39, 0.29) is 10.1 Å². The summed E-state index contributed by atoms with van der Waals surface area (Å²) in [7, 11) is -4.34. The van der Waals surface area contributed by atoms with Crippen molar-refractivity contribution in [3.05, 3.63) is 0 Å². The molecule has 0 spiro atoms. The van der Waals surface area contributed by atoms with Gasteiger partial charge in [0.1, 0.15) is 13.3 Å². The van der Waals surface area contributed by atoms with Crippen LogP contribution in [0, 0.1) is 0 Å². The third-order valence-corrected chi connectivity index (χ3v) is 16.9. The Morgan fingerprint density at radius 2 is 1.20 bits per heavy atom. The molecule has 3 nitrogen and oxygen atoms in total. The summed E-state index contributed by atoms with van der Waals surface area (Å²) in [6.07, 6.45) is 0. The van der Waals surface area contributed by atoms with E-state index < -0.39 is 27.6 Å². The van der Waals surface area contributed by atoms with Crippen molar-refractivity contribution in [2.45, 2.75) is 90.0 Å². The molecular weight excluding hydrogens is 284 g/mol. The van der Waals surface area contributed by atoms with Gasteiger partial charge in [-0.05, 0) is 30.1 Å². The lowest BCUT2D eigenvalue weighted by Gasteiger charge is -2.52. The molecule has 0 aromatic carbocycles. The molecule has 0 saturated heterocycles. The van der Waals surface area contributed by atoms with E-state index in [0.717, 1.165) is 0 Å². The molecule has 0 aliphatic heterocycles. The molecule has 120 valence electrons. The second-order valence-electron chi connectivity index (χ2n) is 9.08. The zero-order valence-electron chi connectivity index (χ0n) is 15.3. The van der Waals surface area contributed by atoms with Crippen LogP contribution in [0.5, 0.6) is 0 Å². The molecule has 0 aromatic heterocycles. The van der Waals surface area contributed by atoms with Gasteiger partial charge in [-0.25, -0.2) is 4.79 Å². The summed E-state index contributed by atoms with van der Waals surface area (Å²) < 4.78 is 6.44. The molecule has 0 aliphatic rings. The molecule has 0 aliphatic carbocycles. The van der Waals surface area contributed by atoms with E-state index in [2.05, 4.69) is 67.7 Å². The summed E-state index contributed by atoms with van der Waals surface area (Å²) in [6, 6.07) is 0. The Labute approximate surface area is 127 Å². The minimum atomic E-state index is -2.20. The number of aliphatic carboxylic acids is 1. The van der Waals surface area contributed by atoms with Gasteiger partial charge in [0.25, 0.3) is 0 Å². The highest BCUT2D eigenvalue weighted by atomic mass is 28.4. The van der Waals surface area contributed by atoms with Crippen molar-refractivity contribution >= 4 is 22.4 Å². The van der Waals surface area contributed by atoms with E-state index >= 15 is 0 Å². The summed E-state index contributed by atoms with van der Waals surface area (Å²) in [5.74, 6) is -0.811. The number of hydrogen-bond acceptors (Lipinski definition) is 2. The summed E-state index contributed by atoms with van der Waals surface area (Å²) in [5.41, 5.74) is 0. The van der Waals surface area contributed by atoms with Crippen LogP contribution in [0.1, 0.15) is 48.5 Å². The van der Waals surface area contributed by atoms with Crippen LogP contribution in [-0.4, -0.2) is 32.7 Å². The highest BCUT2D eigenvalue weighted by molar-refractivity contribution is 6.87. The van der Waals surface area contributed by atoms with Gasteiger partial charge in [0.15, 0.2) is 8.32 Å². The third-order valence-electron chi connectivity index (χ3n) is 5.74.